The summed E-state index contributed by atoms with van der Waals surface area (Å²) < 4.78 is 22.4. The topological polar surface area (TPSA) is 36.9 Å². The van der Waals surface area contributed by atoms with Gasteiger partial charge in [0.25, 0.3) is 0 Å². The molecule has 0 aliphatic carbocycles. The Kier molecular flexibility index (Phi) is 7.19. The van der Waals surface area contributed by atoms with Crippen LogP contribution in [0.15, 0.2) is 10.8 Å². The summed E-state index contributed by atoms with van der Waals surface area (Å²) in [6.07, 6.45) is 4.95. The van der Waals surface area contributed by atoms with Crippen molar-refractivity contribution < 1.29 is 18.9 Å². The number of fused-ring (bicyclic) bond motifs is 1. The van der Waals surface area contributed by atoms with E-state index in [2.05, 4.69) is 6.92 Å². The Morgan fingerprint density at radius 2 is 1.95 bits per heavy atom. The van der Waals surface area contributed by atoms with Gasteiger partial charge in [-0.3, -0.25) is 0 Å². The quantitative estimate of drug-likeness (QED) is 0.620. The average molecular weight is 300 g/mol. The summed E-state index contributed by atoms with van der Waals surface area (Å²) in [4.78, 5) is 0. The highest BCUT2D eigenvalue weighted by Gasteiger charge is 2.21. The molecule has 2 heterocycles. The van der Waals surface area contributed by atoms with Crippen molar-refractivity contribution in [3.05, 3.63) is 10.8 Å². The van der Waals surface area contributed by atoms with Crippen LogP contribution in [0.5, 0.6) is 11.5 Å². The van der Waals surface area contributed by atoms with Gasteiger partial charge in [-0.25, -0.2) is 0 Å². The smallest absolute Gasteiger partial charge is 0.172 e. The van der Waals surface area contributed by atoms with E-state index in [1.807, 2.05) is 10.8 Å². The number of rotatable bonds is 10. The van der Waals surface area contributed by atoms with E-state index in [9.17, 15) is 0 Å². The summed E-state index contributed by atoms with van der Waals surface area (Å²) in [6.45, 7) is 5.43. The fourth-order valence-corrected chi connectivity index (χ4v) is 2.68. The molecule has 0 saturated heterocycles. The molecule has 1 atom stereocenters. The predicted octanol–water partition coefficient (Wildman–Crippen LogP) is 3.50. The lowest BCUT2D eigenvalue weighted by Gasteiger charge is -2.24. The van der Waals surface area contributed by atoms with E-state index in [1.54, 1.807) is 11.3 Å². The molecule has 0 radical (unpaired) electrons. The Labute approximate surface area is 125 Å². The zero-order valence-electron chi connectivity index (χ0n) is 12.1. The first kappa shape index (κ1) is 15.6. The Bertz CT molecular complexity index is 367. The third-order valence-electron chi connectivity index (χ3n) is 3.13. The van der Waals surface area contributed by atoms with Crippen LogP contribution < -0.4 is 9.47 Å². The minimum atomic E-state index is -0.0124. The van der Waals surface area contributed by atoms with Crippen LogP contribution in [0.1, 0.15) is 32.6 Å². The molecule has 1 aliphatic rings. The average Bonchev–Trinajstić information content (AvgIpc) is 2.93. The van der Waals surface area contributed by atoms with Crippen LogP contribution in [0.3, 0.4) is 0 Å². The van der Waals surface area contributed by atoms with Gasteiger partial charge < -0.3 is 18.9 Å². The largest absolute Gasteiger partial charge is 0.485 e. The molecule has 0 aromatic carbocycles. The second-order valence-electron chi connectivity index (χ2n) is 4.90. The van der Waals surface area contributed by atoms with Gasteiger partial charge in [0.15, 0.2) is 17.6 Å². The molecule has 4 nitrogen and oxygen atoms in total. The molecule has 20 heavy (non-hydrogen) atoms. The lowest BCUT2D eigenvalue weighted by Crippen LogP contribution is -2.33. The van der Waals surface area contributed by atoms with Crippen molar-refractivity contribution in [3.63, 3.8) is 0 Å². The Morgan fingerprint density at radius 1 is 1.10 bits per heavy atom. The highest BCUT2D eigenvalue weighted by atomic mass is 32.1. The van der Waals surface area contributed by atoms with Crippen molar-refractivity contribution in [2.75, 3.05) is 33.0 Å². The zero-order valence-corrected chi connectivity index (χ0v) is 13.0. The van der Waals surface area contributed by atoms with Crippen molar-refractivity contribution >= 4 is 11.3 Å². The molecule has 0 fully saturated rings. The monoisotopic (exact) mass is 300 g/mol. The van der Waals surface area contributed by atoms with Crippen molar-refractivity contribution in [3.8, 4) is 11.5 Å². The maximum atomic E-state index is 5.76. The van der Waals surface area contributed by atoms with Crippen LogP contribution in [-0.4, -0.2) is 39.1 Å². The zero-order chi connectivity index (χ0) is 14.0. The maximum absolute atomic E-state index is 5.76. The molecule has 0 amide bonds. The number of hydrogen-bond acceptors (Lipinski definition) is 5. The van der Waals surface area contributed by atoms with E-state index < -0.39 is 0 Å². The molecular formula is C15H24O4S. The van der Waals surface area contributed by atoms with E-state index in [0.29, 0.717) is 26.4 Å². The van der Waals surface area contributed by atoms with E-state index in [-0.39, 0.29) is 6.10 Å². The van der Waals surface area contributed by atoms with E-state index >= 15 is 0 Å². The van der Waals surface area contributed by atoms with Gasteiger partial charge in [-0.15, -0.1) is 11.3 Å². The normalized spacial score (nSPS) is 17.4. The Balaban J connectivity index is 1.44. The molecule has 1 aliphatic heterocycles. The second-order valence-corrected chi connectivity index (χ2v) is 5.64. The molecule has 2 rings (SSSR count). The fraction of sp³-hybridized carbons (Fsp3) is 0.733. The number of unbranched alkanes of at least 4 members (excludes halogenated alkanes) is 3. The van der Waals surface area contributed by atoms with E-state index in [4.69, 9.17) is 18.9 Å². The lowest BCUT2D eigenvalue weighted by atomic mass is 10.2. The number of hydrogen-bond donors (Lipinski definition) is 0. The summed E-state index contributed by atoms with van der Waals surface area (Å²) in [5, 5.41) is 3.92. The molecule has 0 bridgehead atoms. The lowest BCUT2D eigenvalue weighted by molar-refractivity contribution is -0.0121. The van der Waals surface area contributed by atoms with Gasteiger partial charge in [-0.2, -0.15) is 0 Å². The van der Waals surface area contributed by atoms with Gasteiger partial charge in [-0.05, 0) is 6.42 Å². The second kappa shape index (κ2) is 9.21. The van der Waals surface area contributed by atoms with Crippen molar-refractivity contribution in [2.24, 2.45) is 0 Å². The van der Waals surface area contributed by atoms with Gasteiger partial charge in [0, 0.05) is 17.4 Å². The molecule has 1 unspecified atom stereocenters. The SMILES string of the molecule is CCCCCCOCCOCC1COc2cscc2O1. The Hall–Kier alpha value is -0.780. The van der Waals surface area contributed by atoms with Crippen LogP contribution in [0.25, 0.3) is 0 Å². The minimum Gasteiger partial charge on any atom is -0.485 e. The molecule has 114 valence electrons. The van der Waals surface area contributed by atoms with Crippen LogP contribution in [-0.2, 0) is 9.47 Å². The van der Waals surface area contributed by atoms with Crippen LogP contribution in [0, 0.1) is 0 Å². The highest BCUT2D eigenvalue weighted by molar-refractivity contribution is 7.08. The van der Waals surface area contributed by atoms with Crippen LogP contribution in [0.4, 0.5) is 0 Å². The van der Waals surface area contributed by atoms with E-state index in [1.165, 1.54) is 19.3 Å². The minimum absolute atomic E-state index is 0.0124. The van der Waals surface area contributed by atoms with Gasteiger partial charge in [0.2, 0.25) is 0 Å². The number of ether oxygens (including phenoxy) is 4. The van der Waals surface area contributed by atoms with Crippen LogP contribution in [0.2, 0.25) is 0 Å². The van der Waals surface area contributed by atoms with Crippen LogP contribution >= 0.6 is 11.3 Å². The molecular weight excluding hydrogens is 276 g/mol. The summed E-state index contributed by atoms with van der Waals surface area (Å²) in [5.74, 6) is 1.68. The van der Waals surface area contributed by atoms with Gasteiger partial charge in [0.05, 0.1) is 19.8 Å². The van der Waals surface area contributed by atoms with Crippen molar-refractivity contribution in [1.29, 1.82) is 0 Å². The Morgan fingerprint density at radius 3 is 2.85 bits per heavy atom. The van der Waals surface area contributed by atoms with E-state index in [0.717, 1.165) is 24.5 Å². The molecule has 5 heteroatoms. The first-order valence-electron chi connectivity index (χ1n) is 7.41. The molecule has 0 N–H and O–H groups in total. The van der Waals surface area contributed by atoms with Gasteiger partial charge >= 0.3 is 0 Å². The fourth-order valence-electron chi connectivity index (χ4n) is 2.01. The third kappa shape index (κ3) is 5.31. The van der Waals surface area contributed by atoms with Gasteiger partial charge in [-0.1, -0.05) is 26.2 Å². The van der Waals surface area contributed by atoms with Gasteiger partial charge in [0.1, 0.15) is 6.61 Å². The maximum Gasteiger partial charge on any atom is 0.172 e. The van der Waals surface area contributed by atoms with Crippen molar-refractivity contribution in [1.82, 2.24) is 0 Å². The first-order chi connectivity index (χ1) is 9.90. The molecule has 0 spiro atoms. The number of thiophene rings is 1. The third-order valence-corrected chi connectivity index (χ3v) is 3.83. The highest BCUT2D eigenvalue weighted by Crippen LogP contribution is 2.35. The summed E-state index contributed by atoms with van der Waals surface area (Å²) in [5.41, 5.74) is 0. The first-order valence-corrected chi connectivity index (χ1v) is 8.35. The van der Waals surface area contributed by atoms with Crippen molar-refractivity contribution in [2.45, 2.75) is 38.7 Å². The molecule has 0 saturated carbocycles. The summed E-state index contributed by atoms with van der Waals surface area (Å²) in [6, 6.07) is 0. The summed E-state index contributed by atoms with van der Waals surface area (Å²) >= 11 is 1.59. The molecule has 1 aromatic heterocycles. The summed E-state index contributed by atoms with van der Waals surface area (Å²) in [7, 11) is 0. The predicted molar refractivity (Wildman–Crippen MR) is 80.0 cm³/mol. The standard InChI is InChI=1S/C15H24O4S/c1-2-3-4-5-6-16-7-8-17-9-13-10-18-14-11-20-12-15(14)19-13/h11-13H,2-10H2,1H3. The molecule has 1 aromatic rings.